The highest BCUT2D eigenvalue weighted by Crippen LogP contribution is 2.65. The minimum atomic E-state index is 0.831. The zero-order valence-corrected chi connectivity index (χ0v) is 12.1. The molecule has 3 rings (SSSR count). The van der Waals surface area contributed by atoms with Crippen molar-refractivity contribution < 1.29 is 4.79 Å². The maximum atomic E-state index is 10.6. The van der Waals surface area contributed by atoms with Crippen molar-refractivity contribution in [3.8, 4) is 0 Å². The second kappa shape index (κ2) is 4.70. The third-order valence-corrected chi connectivity index (χ3v) is 10.3. The second-order valence-corrected chi connectivity index (χ2v) is 9.86. The molecule has 3 heterocycles. The fourth-order valence-electron chi connectivity index (χ4n) is 1.10. The number of hydrogen-bond acceptors (Lipinski definition) is 7. The molecule has 0 N–H and O–H groups in total. The molecule has 0 aromatic carbocycles. The molecule has 78 valence electrons. The molecule has 0 atom stereocenters. The number of carbonyl (C=O) groups excluding carboxylic acids is 1. The predicted octanol–water partition coefficient (Wildman–Crippen LogP) is 4.68. The van der Waals surface area contributed by atoms with Crippen LogP contribution in [0.5, 0.6) is 0 Å². The Kier molecular flexibility index (Phi) is 3.48. The molecular formula is C8H4OS6. The van der Waals surface area contributed by atoms with Crippen LogP contribution in [0.1, 0.15) is 0 Å². The van der Waals surface area contributed by atoms with Crippen LogP contribution in [0, 0.1) is 0 Å². The molecule has 0 unspecified atom stereocenters. The molecule has 0 spiro atoms. The van der Waals surface area contributed by atoms with Gasteiger partial charge in [0.1, 0.15) is 0 Å². The van der Waals surface area contributed by atoms with E-state index in [0.717, 1.165) is 16.9 Å². The van der Waals surface area contributed by atoms with E-state index in [4.69, 9.17) is 0 Å². The quantitative estimate of drug-likeness (QED) is 0.510. The average molecular weight is 309 g/mol. The van der Waals surface area contributed by atoms with Gasteiger partial charge in [-0.05, 0) is 16.2 Å². The second-order valence-electron chi connectivity index (χ2n) is 2.69. The molecule has 0 saturated heterocycles. The van der Waals surface area contributed by atoms with Crippen LogP contribution in [-0.4, -0.2) is 12.0 Å². The summed E-state index contributed by atoms with van der Waals surface area (Å²) in [6.45, 7) is 0. The van der Waals surface area contributed by atoms with Gasteiger partial charge in [0.25, 0.3) is 0 Å². The molecule has 0 saturated carbocycles. The molecule has 0 aromatic rings. The summed E-state index contributed by atoms with van der Waals surface area (Å²) in [5.41, 5.74) is 0. The minimum Gasteiger partial charge on any atom is -0.297 e. The summed E-state index contributed by atoms with van der Waals surface area (Å²) < 4.78 is 4.08. The van der Waals surface area contributed by atoms with E-state index in [-0.39, 0.29) is 0 Å². The Morgan fingerprint density at radius 3 is 2.80 bits per heavy atom. The van der Waals surface area contributed by atoms with E-state index in [1.165, 1.54) is 17.6 Å². The lowest BCUT2D eigenvalue weighted by Gasteiger charge is -2.02. The standard InChI is InChI=1S/C8H4OS6/c9-1-4-2-10-7(12-4)8-13-5-3-11-15-6(5)14-8/h1-2H,3H2/b8-7+. The highest BCUT2D eigenvalue weighted by molar-refractivity contribution is 8.81. The van der Waals surface area contributed by atoms with Crippen molar-refractivity contribution in [3.05, 3.63) is 27.9 Å². The average Bonchev–Trinajstić information content (AvgIpc) is 2.91. The fourth-order valence-corrected chi connectivity index (χ4v) is 9.86. The summed E-state index contributed by atoms with van der Waals surface area (Å²) in [6, 6.07) is 0. The summed E-state index contributed by atoms with van der Waals surface area (Å²) in [5.74, 6) is 1.14. The van der Waals surface area contributed by atoms with Crippen LogP contribution in [0.25, 0.3) is 0 Å². The van der Waals surface area contributed by atoms with Crippen LogP contribution >= 0.6 is 68.6 Å². The first kappa shape index (κ1) is 11.1. The molecule has 7 heteroatoms. The molecule has 0 amide bonds. The first-order valence-electron chi connectivity index (χ1n) is 3.99. The van der Waals surface area contributed by atoms with E-state index in [1.807, 2.05) is 50.5 Å². The highest BCUT2D eigenvalue weighted by atomic mass is 33.1. The zero-order chi connectivity index (χ0) is 10.3. The number of rotatable bonds is 1. The lowest BCUT2D eigenvalue weighted by atomic mass is 10.7. The van der Waals surface area contributed by atoms with Crippen molar-refractivity contribution in [2.45, 2.75) is 0 Å². The van der Waals surface area contributed by atoms with E-state index in [1.54, 1.807) is 23.5 Å². The third kappa shape index (κ3) is 2.19. The van der Waals surface area contributed by atoms with Gasteiger partial charge in [-0.3, -0.25) is 4.79 Å². The summed E-state index contributed by atoms with van der Waals surface area (Å²) in [7, 11) is 3.79. The Bertz CT molecular complexity index is 403. The highest BCUT2D eigenvalue weighted by Gasteiger charge is 2.30. The van der Waals surface area contributed by atoms with Crippen molar-refractivity contribution in [1.29, 1.82) is 0 Å². The van der Waals surface area contributed by atoms with Crippen LogP contribution < -0.4 is 0 Å². The molecule has 0 bridgehead atoms. The largest absolute Gasteiger partial charge is 0.297 e. The third-order valence-electron chi connectivity index (χ3n) is 1.73. The van der Waals surface area contributed by atoms with Gasteiger partial charge in [0.2, 0.25) is 0 Å². The van der Waals surface area contributed by atoms with Crippen molar-refractivity contribution in [3.63, 3.8) is 0 Å². The first-order valence-corrected chi connectivity index (χ1v) is 9.64. The monoisotopic (exact) mass is 308 g/mol. The predicted molar refractivity (Wildman–Crippen MR) is 78.6 cm³/mol. The molecular weight excluding hydrogens is 304 g/mol. The topological polar surface area (TPSA) is 17.1 Å². The van der Waals surface area contributed by atoms with Crippen LogP contribution in [-0.2, 0) is 4.79 Å². The van der Waals surface area contributed by atoms with Gasteiger partial charge >= 0.3 is 0 Å². The maximum Gasteiger partial charge on any atom is 0.157 e. The Balaban J connectivity index is 1.77. The van der Waals surface area contributed by atoms with E-state index in [0.29, 0.717) is 0 Å². The maximum absolute atomic E-state index is 10.6. The Morgan fingerprint density at radius 1 is 1.13 bits per heavy atom. The summed E-state index contributed by atoms with van der Waals surface area (Å²) in [5, 5.41) is 1.94. The minimum absolute atomic E-state index is 0.831. The molecule has 0 aliphatic carbocycles. The van der Waals surface area contributed by atoms with Crippen LogP contribution in [0.2, 0.25) is 0 Å². The molecule has 3 aliphatic heterocycles. The lowest BCUT2D eigenvalue weighted by Crippen LogP contribution is -1.73. The number of aldehydes is 1. The van der Waals surface area contributed by atoms with E-state index in [2.05, 4.69) is 0 Å². The van der Waals surface area contributed by atoms with Crippen molar-refractivity contribution in [2.24, 2.45) is 0 Å². The summed E-state index contributed by atoms with van der Waals surface area (Å²) >= 11 is 7.02. The van der Waals surface area contributed by atoms with Gasteiger partial charge in [0.15, 0.2) is 6.29 Å². The smallest absolute Gasteiger partial charge is 0.157 e. The van der Waals surface area contributed by atoms with Crippen molar-refractivity contribution >= 4 is 74.9 Å². The molecule has 0 fully saturated rings. The summed E-state index contributed by atoms with van der Waals surface area (Å²) in [6.07, 6.45) is 0.932. The Morgan fingerprint density at radius 2 is 2.07 bits per heavy atom. The van der Waals surface area contributed by atoms with Gasteiger partial charge in [-0.2, -0.15) is 0 Å². The summed E-state index contributed by atoms with van der Waals surface area (Å²) in [4.78, 5) is 12.9. The van der Waals surface area contributed by atoms with Crippen molar-refractivity contribution in [2.75, 3.05) is 5.75 Å². The van der Waals surface area contributed by atoms with Gasteiger partial charge in [-0.25, -0.2) is 0 Å². The van der Waals surface area contributed by atoms with Gasteiger partial charge in [-0.15, -0.1) is 0 Å². The van der Waals surface area contributed by atoms with E-state index >= 15 is 0 Å². The molecule has 3 aliphatic rings. The fraction of sp³-hybridized carbons (Fsp3) is 0.125. The molecule has 0 aromatic heterocycles. The van der Waals surface area contributed by atoms with Crippen LogP contribution in [0.4, 0.5) is 0 Å². The van der Waals surface area contributed by atoms with Gasteiger partial charge in [0, 0.05) is 10.7 Å². The van der Waals surface area contributed by atoms with E-state index < -0.39 is 0 Å². The van der Waals surface area contributed by atoms with Gasteiger partial charge < -0.3 is 0 Å². The number of allylic oxidation sites excluding steroid dienone is 1. The normalized spacial score (nSPS) is 29.7. The number of thioether (sulfide) groups is 4. The number of carbonyl (C=O) groups is 1. The Labute approximate surface area is 113 Å². The molecule has 15 heavy (non-hydrogen) atoms. The zero-order valence-electron chi connectivity index (χ0n) is 7.22. The lowest BCUT2D eigenvalue weighted by molar-refractivity contribution is -0.104. The van der Waals surface area contributed by atoms with Gasteiger partial charge in [-0.1, -0.05) is 57.8 Å². The molecule has 1 nitrogen and oxygen atoms in total. The molecule has 0 radical (unpaired) electrons. The SMILES string of the molecule is O=CC1=CS/C(=C2/SC3=C(SSC3)S2)S1. The van der Waals surface area contributed by atoms with Crippen LogP contribution in [0.15, 0.2) is 27.9 Å². The van der Waals surface area contributed by atoms with Crippen LogP contribution in [0.3, 0.4) is 0 Å². The number of hydrogen-bond donors (Lipinski definition) is 0. The van der Waals surface area contributed by atoms with E-state index in [9.17, 15) is 4.79 Å². The van der Waals surface area contributed by atoms with Gasteiger partial charge in [0.05, 0.1) is 17.6 Å². The van der Waals surface area contributed by atoms with Crippen molar-refractivity contribution in [1.82, 2.24) is 0 Å². The Hall–Kier alpha value is 0.990. The first-order chi connectivity index (χ1) is 7.36.